The number of carbonyl (C=O) groups is 5. The summed E-state index contributed by atoms with van der Waals surface area (Å²) in [5.41, 5.74) is 5.39. The van der Waals surface area contributed by atoms with Gasteiger partial charge in [-0.3, -0.25) is 28.9 Å². The molecule has 0 aromatic heterocycles. The lowest BCUT2D eigenvalue weighted by molar-refractivity contribution is -0.137. The molecule has 0 saturated heterocycles. The molecule has 1 aliphatic rings. The number of hydrogen-bond acceptors (Lipinski definition) is 19. The van der Waals surface area contributed by atoms with E-state index in [4.69, 9.17) is 67.7 Å². The molecule has 1 rings (SSSR count). The van der Waals surface area contributed by atoms with Crippen molar-refractivity contribution in [3.05, 3.63) is 12.2 Å². The fraction of sp³-hybridized carbons (Fsp3) is 0.825. The molecule has 6 N–H and O–H groups in total. The minimum atomic E-state index is -0.936. The van der Waals surface area contributed by atoms with E-state index in [1.807, 2.05) is 0 Å². The Balaban J connectivity index is 1.65. The van der Waals surface area contributed by atoms with Crippen molar-refractivity contribution in [2.45, 2.75) is 25.3 Å². The van der Waals surface area contributed by atoms with Gasteiger partial charge in [-0.05, 0) is 6.42 Å². The Morgan fingerprint density at radius 2 is 0.762 bits per heavy atom. The zero-order valence-electron chi connectivity index (χ0n) is 36.8. The maximum atomic E-state index is 11.8. The summed E-state index contributed by atoms with van der Waals surface area (Å²) >= 11 is 0. The third-order valence-electron chi connectivity index (χ3n) is 8.11. The molecule has 1 heterocycles. The van der Waals surface area contributed by atoms with Gasteiger partial charge in [0.15, 0.2) is 0 Å². The summed E-state index contributed by atoms with van der Waals surface area (Å²) in [6.07, 6.45) is 3.20. The molecule has 366 valence electrons. The van der Waals surface area contributed by atoms with E-state index in [9.17, 15) is 24.0 Å². The molecule has 0 spiro atoms. The fourth-order valence-electron chi connectivity index (χ4n) is 4.73. The minimum absolute atomic E-state index is 0.0438. The summed E-state index contributed by atoms with van der Waals surface area (Å²) in [7, 11) is 0. The van der Waals surface area contributed by atoms with Crippen LogP contribution in [-0.4, -0.2) is 237 Å². The molecule has 0 radical (unpaired) electrons. The van der Waals surface area contributed by atoms with Crippen molar-refractivity contribution in [3.63, 3.8) is 0 Å². The second-order valence-corrected chi connectivity index (χ2v) is 13.1. The van der Waals surface area contributed by atoms with E-state index < -0.39 is 30.4 Å². The second-order valence-electron chi connectivity index (χ2n) is 13.1. The molecular weight excluding hydrogens is 838 g/mol. The van der Waals surface area contributed by atoms with Gasteiger partial charge in [-0.2, -0.15) is 0 Å². The van der Waals surface area contributed by atoms with Crippen LogP contribution in [0.25, 0.3) is 0 Å². The lowest BCUT2D eigenvalue weighted by atomic mass is 10.3. The lowest BCUT2D eigenvalue weighted by Crippen LogP contribution is -2.43. The van der Waals surface area contributed by atoms with Gasteiger partial charge in [0.25, 0.3) is 11.8 Å². The molecule has 23 nitrogen and oxygen atoms in total. The fourth-order valence-corrected chi connectivity index (χ4v) is 4.73. The van der Waals surface area contributed by atoms with E-state index in [-0.39, 0.29) is 37.8 Å². The predicted octanol–water partition coefficient (Wildman–Crippen LogP) is -3.05. The van der Waals surface area contributed by atoms with Crippen molar-refractivity contribution in [1.82, 2.24) is 20.9 Å². The first-order chi connectivity index (χ1) is 30.8. The van der Waals surface area contributed by atoms with E-state index in [1.165, 1.54) is 12.2 Å². The van der Waals surface area contributed by atoms with Crippen LogP contribution >= 0.6 is 0 Å². The molecule has 1 aliphatic heterocycles. The molecule has 5 amide bonds. The number of nitrogens with one attached hydrogen (secondary N) is 3. The number of carbonyl (C=O) groups excluding carboxylic acids is 5. The standard InChI is InChI=1S/C40H73N5O18/c41-35(34-46)40(51)44-7-1-6-42-37(48)5-10-52-12-14-54-16-18-56-20-22-58-24-26-60-28-30-62-32-33-63-31-29-61-27-25-59-23-21-57-19-17-55-15-13-53-11-8-43-36(47)4-9-45-38(49)2-3-39(45)50/h2-3,35,46H,1,4-34,41H2,(H,42,48)(H,43,47)(H,44,51)/t35-/m0/s1. The van der Waals surface area contributed by atoms with Crippen LogP contribution in [0.2, 0.25) is 0 Å². The van der Waals surface area contributed by atoms with Crippen molar-refractivity contribution in [2.24, 2.45) is 5.73 Å². The number of amides is 5. The number of nitrogens with zero attached hydrogens (tertiary/aromatic N) is 1. The van der Waals surface area contributed by atoms with Crippen molar-refractivity contribution in [3.8, 4) is 0 Å². The number of rotatable bonds is 48. The number of ether oxygens (including phenoxy) is 12. The SMILES string of the molecule is N[C@@H](CO)C(=O)NCCCNC(=O)CCOCCOCCOCCOCCOCCOCCOCCOCCOCCOCCOCCOCCNC(=O)CCN1C(=O)C=CC1=O. The zero-order valence-corrected chi connectivity index (χ0v) is 36.8. The summed E-state index contributed by atoms with van der Waals surface area (Å²) in [5.74, 6) is -1.64. The van der Waals surface area contributed by atoms with Gasteiger partial charge >= 0.3 is 0 Å². The Hall–Kier alpha value is -3.27. The Morgan fingerprint density at radius 3 is 1.13 bits per heavy atom. The van der Waals surface area contributed by atoms with E-state index in [1.54, 1.807) is 0 Å². The van der Waals surface area contributed by atoms with E-state index in [2.05, 4.69) is 16.0 Å². The molecule has 63 heavy (non-hydrogen) atoms. The maximum absolute atomic E-state index is 11.8. The summed E-state index contributed by atoms with van der Waals surface area (Å²) in [5, 5.41) is 16.8. The van der Waals surface area contributed by atoms with Crippen LogP contribution in [0.1, 0.15) is 19.3 Å². The summed E-state index contributed by atoms with van der Waals surface area (Å²) < 4.78 is 65.5. The van der Waals surface area contributed by atoms with Crippen LogP contribution in [-0.2, 0) is 80.8 Å². The summed E-state index contributed by atoms with van der Waals surface area (Å²) in [4.78, 5) is 59.0. The van der Waals surface area contributed by atoms with Gasteiger partial charge in [-0.1, -0.05) is 0 Å². The third kappa shape index (κ3) is 37.8. The number of imide groups is 1. The molecule has 0 aromatic rings. The normalized spacial score (nSPS) is 13.0. The van der Waals surface area contributed by atoms with Crippen LogP contribution in [0.5, 0.6) is 0 Å². The van der Waals surface area contributed by atoms with Crippen molar-refractivity contribution >= 4 is 29.5 Å². The monoisotopic (exact) mass is 911 g/mol. The topological polar surface area (TPSA) is 282 Å². The van der Waals surface area contributed by atoms with Crippen molar-refractivity contribution in [1.29, 1.82) is 0 Å². The highest BCUT2D eigenvalue weighted by Gasteiger charge is 2.23. The highest BCUT2D eigenvalue weighted by Crippen LogP contribution is 2.04. The Bertz CT molecular complexity index is 1170. The number of nitrogens with two attached hydrogens (primary N) is 1. The van der Waals surface area contributed by atoms with Crippen LogP contribution in [0.15, 0.2) is 12.2 Å². The van der Waals surface area contributed by atoms with Crippen LogP contribution < -0.4 is 21.7 Å². The first kappa shape index (κ1) is 57.7. The highest BCUT2D eigenvalue weighted by atomic mass is 16.6. The van der Waals surface area contributed by atoms with Gasteiger partial charge in [-0.25, -0.2) is 0 Å². The van der Waals surface area contributed by atoms with E-state index in [0.29, 0.717) is 178 Å². The minimum Gasteiger partial charge on any atom is -0.394 e. The molecule has 0 fully saturated rings. The first-order valence-corrected chi connectivity index (χ1v) is 21.5. The number of hydrogen-bond donors (Lipinski definition) is 5. The largest absolute Gasteiger partial charge is 0.394 e. The third-order valence-corrected chi connectivity index (χ3v) is 8.11. The quantitative estimate of drug-likeness (QED) is 0.0300. The Morgan fingerprint density at radius 1 is 0.460 bits per heavy atom. The van der Waals surface area contributed by atoms with Gasteiger partial charge < -0.3 is 83.6 Å². The Kier molecular flexibility index (Phi) is 40.3. The summed E-state index contributed by atoms with van der Waals surface area (Å²) in [6, 6.07) is -0.936. The van der Waals surface area contributed by atoms with Gasteiger partial charge in [0, 0.05) is 51.2 Å². The molecule has 0 saturated carbocycles. The number of aliphatic hydroxyl groups excluding tert-OH is 1. The molecule has 0 aliphatic carbocycles. The Labute approximate surface area is 370 Å². The average molecular weight is 912 g/mol. The smallest absolute Gasteiger partial charge is 0.253 e. The molecule has 0 unspecified atom stereocenters. The van der Waals surface area contributed by atoms with Crippen LogP contribution in [0.3, 0.4) is 0 Å². The molecule has 0 aromatic carbocycles. The van der Waals surface area contributed by atoms with Crippen LogP contribution in [0, 0.1) is 0 Å². The average Bonchev–Trinajstić information content (AvgIpc) is 3.61. The van der Waals surface area contributed by atoms with Crippen molar-refractivity contribution in [2.75, 3.05) is 191 Å². The maximum Gasteiger partial charge on any atom is 0.253 e. The van der Waals surface area contributed by atoms with Gasteiger partial charge in [0.2, 0.25) is 17.7 Å². The van der Waals surface area contributed by atoms with Gasteiger partial charge in [0.05, 0.1) is 165 Å². The van der Waals surface area contributed by atoms with E-state index in [0.717, 1.165) is 4.90 Å². The molecule has 1 atom stereocenters. The zero-order chi connectivity index (χ0) is 45.7. The van der Waals surface area contributed by atoms with Gasteiger partial charge in [0.1, 0.15) is 6.04 Å². The van der Waals surface area contributed by atoms with Gasteiger partial charge in [-0.15, -0.1) is 0 Å². The highest BCUT2D eigenvalue weighted by molar-refractivity contribution is 6.13. The first-order valence-electron chi connectivity index (χ1n) is 21.5. The molecule has 23 heteroatoms. The van der Waals surface area contributed by atoms with Crippen LogP contribution in [0.4, 0.5) is 0 Å². The summed E-state index contributed by atoms with van der Waals surface area (Å²) in [6.45, 7) is 10.9. The van der Waals surface area contributed by atoms with E-state index >= 15 is 0 Å². The predicted molar refractivity (Wildman–Crippen MR) is 224 cm³/mol. The second kappa shape index (κ2) is 44.0. The molecule has 0 bridgehead atoms. The number of aliphatic hydroxyl groups is 1. The van der Waals surface area contributed by atoms with Crippen molar-refractivity contribution < 1.29 is 85.9 Å². The lowest BCUT2D eigenvalue weighted by Gasteiger charge is -2.13. The molecular formula is C40H73N5O18.